The molecule has 0 bridgehead atoms. The van der Waals surface area contributed by atoms with Gasteiger partial charge in [-0.25, -0.2) is 12.8 Å². The van der Waals surface area contributed by atoms with E-state index in [1.54, 1.807) is 30.3 Å². The maximum absolute atomic E-state index is 13.4. The van der Waals surface area contributed by atoms with Gasteiger partial charge in [-0.3, -0.25) is 0 Å². The second-order valence-corrected chi connectivity index (χ2v) is 4.31. The first kappa shape index (κ1) is 10.8. The third-order valence-electron chi connectivity index (χ3n) is 2.26. The Kier molecular flexibility index (Phi) is 3.01. The molecule has 2 aromatic rings. The van der Waals surface area contributed by atoms with Crippen LogP contribution in [-0.4, -0.2) is 8.42 Å². The van der Waals surface area contributed by atoms with E-state index in [0.29, 0.717) is 11.1 Å². The van der Waals surface area contributed by atoms with E-state index >= 15 is 0 Å². The highest BCUT2D eigenvalue weighted by molar-refractivity contribution is 7.72. The van der Waals surface area contributed by atoms with E-state index in [2.05, 4.69) is 0 Å². The predicted molar refractivity (Wildman–Crippen MR) is 60.4 cm³/mol. The molecule has 0 aliphatic carbocycles. The Morgan fingerprint density at radius 2 is 1.50 bits per heavy atom. The molecule has 16 heavy (non-hydrogen) atoms. The number of rotatable bonds is 2. The molecule has 0 heterocycles. The van der Waals surface area contributed by atoms with E-state index in [-0.39, 0.29) is 10.7 Å². The smallest absolute Gasteiger partial charge is 0.168 e. The summed E-state index contributed by atoms with van der Waals surface area (Å²) in [5.41, 5.74) is 1.13. The van der Waals surface area contributed by atoms with Crippen molar-refractivity contribution in [2.75, 3.05) is 0 Å². The van der Waals surface area contributed by atoms with Gasteiger partial charge in [0.05, 0.1) is 4.90 Å². The van der Waals surface area contributed by atoms with Crippen molar-refractivity contribution in [1.29, 1.82) is 0 Å². The van der Waals surface area contributed by atoms with E-state index in [4.69, 9.17) is 0 Å². The largest absolute Gasteiger partial charge is 0.227 e. The maximum Gasteiger partial charge on any atom is 0.168 e. The Morgan fingerprint density at radius 3 is 2.06 bits per heavy atom. The SMILES string of the molecule is O=[SH](=O)c1ccc(-c2ccccc2F)cc1. The molecule has 2 nitrogen and oxygen atoms in total. The highest BCUT2D eigenvalue weighted by atomic mass is 32.2. The second kappa shape index (κ2) is 4.45. The summed E-state index contributed by atoms with van der Waals surface area (Å²) in [6, 6.07) is 12.5. The van der Waals surface area contributed by atoms with Crippen LogP contribution >= 0.6 is 0 Å². The van der Waals surface area contributed by atoms with Gasteiger partial charge in [0.2, 0.25) is 0 Å². The van der Waals surface area contributed by atoms with Gasteiger partial charge in [-0.05, 0) is 23.8 Å². The van der Waals surface area contributed by atoms with Crippen LogP contribution in [0.25, 0.3) is 11.1 Å². The maximum atomic E-state index is 13.4. The van der Waals surface area contributed by atoms with Gasteiger partial charge >= 0.3 is 0 Å². The molecule has 4 heteroatoms. The van der Waals surface area contributed by atoms with Crippen LogP contribution in [0.15, 0.2) is 53.4 Å². The Hall–Kier alpha value is -1.68. The van der Waals surface area contributed by atoms with Crippen LogP contribution in [0.3, 0.4) is 0 Å². The van der Waals surface area contributed by atoms with Crippen LogP contribution in [0.1, 0.15) is 0 Å². The topological polar surface area (TPSA) is 34.1 Å². The third-order valence-corrected chi connectivity index (χ3v) is 2.98. The molecule has 0 N–H and O–H groups in total. The lowest BCUT2D eigenvalue weighted by Gasteiger charge is -2.02. The van der Waals surface area contributed by atoms with Crippen molar-refractivity contribution in [3.8, 4) is 11.1 Å². The molecule has 0 fully saturated rings. The predicted octanol–water partition coefficient (Wildman–Crippen LogP) is 2.46. The van der Waals surface area contributed by atoms with Gasteiger partial charge in [0, 0.05) is 5.56 Å². The van der Waals surface area contributed by atoms with Gasteiger partial charge in [0.15, 0.2) is 10.7 Å². The summed E-state index contributed by atoms with van der Waals surface area (Å²) in [5.74, 6) is -0.318. The Morgan fingerprint density at radius 1 is 0.875 bits per heavy atom. The average molecular weight is 236 g/mol. The molecule has 2 rings (SSSR count). The van der Waals surface area contributed by atoms with Crippen LogP contribution in [-0.2, 0) is 10.7 Å². The lowest BCUT2D eigenvalue weighted by atomic mass is 10.1. The summed E-state index contributed by atoms with van der Waals surface area (Å²) in [5, 5.41) is 0. The van der Waals surface area contributed by atoms with Gasteiger partial charge in [-0.1, -0.05) is 30.3 Å². The van der Waals surface area contributed by atoms with Gasteiger partial charge < -0.3 is 0 Å². The zero-order chi connectivity index (χ0) is 11.5. The molecule has 0 atom stereocenters. The first-order valence-electron chi connectivity index (χ1n) is 4.68. The monoisotopic (exact) mass is 236 g/mol. The van der Waals surface area contributed by atoms with Gasteiger partial charge in [0.1, 0.15) is 5.82 Å². The molecular formula is C12H9FO2S. The van der Waals surface area contributed by atoms with Crippen LogP contribution in [0.5, 0.6) is 0 Å². The van der Waals surface area contributed by atoms with Gasteiger partial charge in [-0.2, -0.15) is 0 Å². The van der Waals surface area contributed by atoms with Crippen molar-refractivity contribution in [3.63, 3.8) is 0 Å². The highest BCUT2D eigenvalue weighted by Crippen LogP contribution is 2.22. The third kappa shape index (κ3) is 2.12. The molecule has 0 amide bonds. The Balaban J connectivity index is 2.46. The summed E-state index contributed by atoms with van der Waals surface area (Å²) in [7, 11) is -2.58. The fraction of sp³-hybridized carbons (Fsp3) is 0. The molecule has 0 unspecified atom stereocenters. The molecular weight excluding hydrogens is 227 g/mol. The van der Waals surface area contributed by atoms with E-state index in [0.717, 1.165) is 0 Å². The number of benzene rings is 2. The summed E-state index contributed by atoms with van der Waals surface area (Å²) < 4.78 is 34.8. The quantitative estimate of drug-likeness (QED) is 0.813. The van der Waals surface area contributed by atoms with Crippen LogP contribution in [0.4, 0.5) is 4.39 Å². The van der Waals surface area contributed by atoms with Crippen molar-refractivity contribution >= 4 is 10.7 Å². The summed E-state index contributed by atoms with van der Waals surface area (Å²) in [6.45, 7) is 0. The number of halogens is 1. The normalized spacial score (nSPS) is 10.6. The molecule has 82 valence electrons. The van der Waals surface area contributed by atoms with Crippen molar-refractivity contribution < 1.29 is 12.8 Å². The molecule has 0 saturated heterocycles. The first-order chi connectivity index (χ1) is 7.68. The first-order valence-corrected chi connectivity index (χ1v) is 5.85. The van der Waals surface area contributed by atoms with Gasteiger partial charge in [-0.15, -0.1) is 0 Å². The molecule has 0 spiro atoms. The molecule has 0 aliphatic heterocycles. The minimum Gasteiger partial charge on any atom is -0.227 e. The van der Waals surface area contributed by atoms with Crippen molar-refractivity contribution in [2.24, 2.45) is 0 Å². The lowest BCUT2D eigenvalue weighted by molar-refractivity contribution is 0.614. The van der Waals surface area contributed by atoms with Crippen molar-refractivity contribution in [3.05, 3.63) is 54.3 Å². The van der Waals surface area contributed by atoms with Crippen molar-refractivity contribution in [2.45, 2.75) is 4.90 Å². The van der Waals surface area contributed by atoms with Crippen LogP contribution < -0.4 is 0 Å². The van der Waals surface area contributed by atoms with E-state index in [1.807, 2.05) is 0 Å². The standard InChI is InChI=1S/C12H9FO2S/c13-12-4-2-1-3-11(12)9-5-7-10(8-6-9)16(14)15/h1-8,16H. The molecule has 0 radical (unpaired) electrons. The number of hydrogen-bond donors (Lipinski definition) is 1. The Labute approximate surface area is 94.3 Å². The van der Waals surface area contributed by atoms with E-state index in [9.17, 15) is 12.8 Å². The zero-order valence-corrected chi connectivity index (χ0v) is 9.15. The molecule has 0 saturated carbocycles. The number of hydrogen-bond acceptors (Lipinski definition) is 2. The van der Waals surface area contributed by atoms with E-state index in [1.165, 1.54) is 18.2 Å². The van der Waals surface area contributed by atoms with Gasteiger partial charge in [0.25, 0.3) is 0 Å². The van der Waals surface area contributed by atoms with Crippen LogP contribution in [0, 0.1) is 5.82 Å². The number of thiol groups is 1. The fourth-order valence-corrected chi connectivity index (χ4v) is 1.85. The highest BCUT2D eigenvalue weighted by Gasteiger charge is 2.03. The zero-order valence-electron chi connectivity index (χ0n) is 8.26. The summed E-state index contributed by atoms with van der Waals surface area (Å²) >= 11 is 0. The Bertz CT molecular complexity index is 566. The minimum absolute atomic E-state index is 0.232. The lowest BCUT2D eigenvalue weighted by Crippen LogP contribution is -1.85. The molecule has 2 aromatic carbocycles. The van der Waals surface area contributed by atoms with Crippen LogP contribution in [0.2, 0.25) is 0 Å². The second-order valence-electron chi connectivity index (χ2n) is 3.28. The van der Waals surface area contributed by atoms with E-state index < -0.39 is 10.7 Å². The van der Waals surface area contributed by atoms with Crippen molar-refractivity contribution in [1.82, 2.24) is 0 Å². The molecule has 0 aromatic heterocycles. The fourth-order valence-electron chi connectivity index (χ4n) is 1.46. The molecule has 0 aliphatic rings. The average Bonchev–Trinajstić information content (AvgIpc) is 2.30. The summed E-state index contributed by atoms with van der Waals surface area (Å²) in [6.07, 6.45) is 0. The summed E-state index contributed by atoms with van der Waals surface area (Å²) in [4.78, 5) is 0.232. The minimum atomic E-state index is -2.58.